The van der Waals surface area contributed by atoms with Gasteiger partial charge in [0.05, 0.1) is 4.92 Å². The molecule has 8 heteroatoms. The smallest absolute Gasteiger partial charge is 0.263 e. The molecule has 0 fully saturated rings. The van der Waals surface area contributed by atoms with Gasteiger partial charge in [0, 0.05) is 27.5 Å². The molecule has 0 N–H and O–H groups in total. The fourth-order valence-electron chi connectivity index (χ4n) is 2.20. The SMILES string of the molecule is Cc1cc([N+](=O)[O-])c(C2([N+](=O)[O-])C=CC(Cl)=CC2)cc1Cl. The van der Waals surface area contributed by atoms with Crippen molar-refractivity contribution in [3.05, 3.63) is 71.8 Å². The molecule has 0 aliphatic heterocycles. The summed E-state index contributed by atoms with van der Waals surface area (Å²) in [5, 5.41) is 23.4. The fourth-order valence-corrected chi connectivity index (χ4v) is 2.51. The van der Waals surface area contributed by atoms with Crippen LogP contribution in [0.1, 0.15) is 17.5 Å². The minimum atomic E-state index is -1.74. The maximum Gasteiger partial charge on any atom is 0.280 e. The first-order chi connectivity index (χ1) is 9.78. The Labute approximate surface area is 130 Å². The highest BCUT2D eigenvalue weighted by Crippen LogP contribution is 2.42. The Hall–Kier alpha value is -1.92. The van der Waals surface area contributed by atoms with Crippen molar-refractivity contribution >= 4 is 28.9 Å². The van der Waals surface area contributed by atoms with E-state index in [9.17, 15) is 20.2 Å². The lowest BCUT2D eigenvalue weighted by Crippen LogP contribution is -2.34. The largest absolute Gasteiger partial charge is 0.280 e. The van der Waals surface area contributed by atoms with E-state index < -0.39 is 15.4 Å². The topological polar surface area (TPSA) is 86.3 Å². The second-order valence-electron chi connectivity index (χ2n) is 4.68. The Morgan fingerprint density at radius 2 is 1.90 bits per heavy atom. The number of nitrogens with zero attached hydrogens (tertiary/aromatic N) is 2. The van der Waals surface area contributed by atoms with Gasteiger partial charge in [0.2, 0.25) is 0 Å². The van der Waals surface area contributed by atoms with E-state index in [0.29, 0.717) is 10.6 Å². The first-order valence-electron chi connectivity index (χ1n) is 5.92. The molecule has 0 heterocycles. The van der Waals surface area contributed by atoms with Crippen molar-refractivity contribution in [2.24, 2.45) is 0 Å². The number of benzene rings is 1. The van der Waals surface area contributed by atoms with Crippen LogP contribution in [0.5, 0.6) is 0 Å². The Morgan fingerprint density at radius 1 is 1.24 bits per heavy atom. The van der Waals surface area contributed by atoms with E-state index in [0.717, 1.165) is 0 Å². The van der Waals surface area contributed by atoms with Gasteiger partial charge >= 0.3 is 0 Å². The van der Waals surface area contributed by atoms with Crippen LogP contribution in [0.15, 0.2) is 35.4 Å². The minimum absolute atomic E-state index is 0.0511. The summed E-state index contributed by atoms with van der Waals surface area (Å²) < 4.78 is 0. The molecule has 1 aliphatic rings. The Morgan fingerprint density at radius 3 is 2.38 bits per heavy atom. The molecular formula is C13H10Cl2N2O4. The van der Waals surface area contributed by atoms with Crippen molar-refractivity contribution in [2.75, 3.05) is 0 Å². The highest BCUT2D eigenvalue weighted by Gasteiger charge is 2.47. The van der Waals surface area contributed by atoms with Crippen LogP contribution in [-0.4, -0.2) is 9.85 Å². The van der Waals surface area contributed by atoms with Crippen molar-refractivity contribution in [1.29, 1.82) is 0 Å². The predicted octanol–water partition coefficient (Wildman–Crippen LogP) is 4.11. The predicted molar refractivity (Wildman–Crippen MR) is 79.2 cm³/mol. The number of allylic oxidation sites excluding steroid dienone is 2. The maximum absolute atomic E-state index is 11.6. The van der Waals surface area contributed by atoms with Crippen LogP contribution in [0.4, 0.5) is 5.69 Å². The molecule has 1 aliphatic carbocycles. The lowest BCUT2D eigenvalue weighted by molar-refractivity contribution is -0.564. The molecule has 1 aromatic rings. The molecule has 21 heavy (non-hydrogen) atoms. The number of hydrogen-bond acceptors (Lipinski definition) is 4. The summed E-state index contributed by atoms with van der Waals surface area (Å²) in [5.74, 6) is 0. The molecule has 0 radical (unpaired) electrons. The van der Waals surface area contributed by atoms with Gasteiger partial charge in [0.1, 0.15) is 5.56 Å². The quantitative estimate of drug-likeness (QED) is 0.617. The average Bonchev–Trinajstić information content (AvgIpc) is 2.42. The Kier molecular flexibility index (Phi) is 4.02. The lowest BCUT2D eigenvalue weighted by atomic mass is 9.83. The zero-order chi connectivity index (χ0) is 15.8. The zero-order valence-electron chi connectivity index (χ0n) is 10.9. The summed E-state index contributed by atoms with van der Waals surface area (Å²) >= 11 is 11.8. The number of nitro groups is 2. The van der Waals surface area contributed by atoms with E-state index in [-0.39, 0.29) is 22.7 Å². The van der Waals surface area contributed by atoms with Crippen LogP contribution in [0.2, 0.25) is 5.02 Å². The number of nitro benzene ring substituents is 1. The van der Waals surface area contributed by atoms with Crippen LogP contribution < -0.4 is 0 Å². The third-order valence-corrected chi connectivity index (χ3v) is 4.08. The highest BCUT2D eigenvalue weighted by atomic mass is 35.5. The van der Waals surface area contributed by atoms with Crippen molar-refractivity contribution in [3.63, 3.8) is 0 Å². The van der Waals surface area contributed by atoms with Crippen LogP contribution in [-0.2, 0) is 5.54 Å². The molecule has 0 bridgehead atoms. The monoisotopic (exact) mass is 328 g/mol. The number of halogens is 2. The second-order valence-corrected chi connectivity index (χ2v) is 5.53. The van der Waals surface area contributed by atoms with Gasteiger partial charge in [-0.05, 0) is 30.7 Å². The van der Waals surface area contributed by atoms with E-state index in [1.54, 1.807) is 6.92 Å². The van der Waals surface area contributed by atoms with E-state index >= 15 is 0 Å². The van der Waals surface area contributed by atoms with Gasteiger partial charge in [0.25, 0.3) is 11.2 Å². The standard InChI is InChI=1S/C13H10Cl2N2O4/c1-8-6-12(16(18)19)10(7-11(8)15)13(17(20)21)4-2-9(14)3-5-13/h2-4,6-7H,5H2,1H3. The molecule has 0 saturated carbocycles. The third kappa shape index (κ3) is 2.64. The first-order valence-corrected chi connectivity index (χ1v) is 6.68. The van der Waals surface area contributed by atoms with E-state index in [4.69, 9.17) is 23.2 Å². The van der Waals surface area contributed by atoms with E-state index in [1.807, 2.05) is 0 Å². The molecule has 6 nitrogen and oxygen atoms in total. The van der Waals surface area contributed by atoms with Gasteiger partial charge in [-0.1, -0.05) is 29.3 Å². The molecule has 0 aromatic heterocycles. The molecule has 1 aromatic carbocycles. The van der Waals surface area contributed by atoms with Crippen molar-refractivity contribution in [2.45, 2.75) is 18.9 Å². The summed E-state index contributed by atoms with van der Waals surface area (Å²) in [5.41, 5.74) is -1.63. The summed E-state index contributed by atoms with van der Waals surface area (Å²) in [6, 6.07) is 2.53. The maximum atomic E-state index is 11.6. The molecule has 0 spiro atoms. The van der Waals surface area contributed by atoms with Crippen LogP contribution in [0, 0.1) is 27.2 Å². The van der Waals surface area contributed by atoms with Crippen LogP contribution in [0.25, 0.3) is 0 Å². The summed E-state index contributed by atoms with van der Waals surface area (Å²) in [6.07, 6.45) is 4.02. The summed E-state index contributed by atoms with van der Waals surface area (Å²) in [6.45, 7) is 1.60. The van der Waals surface area contributed by atoms with Gasteiger partial charge in [-0.2, -0.15) is 0 Å². The molecule has 0 amide bonds. The zero-order valence-corrected chi connectivity index (χ0v) is 12.4. The van der Waals surface area contributed by atoms with Gasteiger partial charge in [0.15, 0.2) is 0 Å². The normalized spacial score (nSPS) is 21.0. The highest BCUT2D eigenvalue weighted by molar-refractivity contribution is 6.31. The first kappa shape index (κ1) is 15.5. The summed E-state index contributed by atoms with van der Waals surface area (Å²) in [4.78, 5) is 21.6. The van der Waals surface area contributed by atoms with E-state index in [2.05, 4.69) is 0 Å². The van der Waals surface area contributed by atoms with Gasteiger partial charge in [-0.25, -0.2) is 0 Å². The van der Waals surface area contributed by atoms with E-state index in [1.165, 1.54) is 30.4 Å². The van der Waals surface area contributed by atoms with Gasteiger partial charge in [-0.3, -0.25) is 20.2 Å². The number of rotatable bonds is 3. The molecule has 110 valence electrons. The van der Waals surface area contributed by atoms with Crippen LogP contribution >= 0.6 is 23.2 Å². The molecule has 1 unspecified atom stereocenters. The molecular weight excluding hydrogens is 319 g/mol. The average molecular weight is 329 g/mol. The molecule has 1 atom stereocenters. The number of hydrogen-bond donors (Lipinski definition) is 0. The molecule has 2 rings (SSSR count). The lowest BCUT2D eigenvalue weighted by Gasteiger charge is -2.23. The van der Waals surface area contributed by atoms with Crippen molar-refractivity contribution in [3.8, 4) is 0 Å². The Balaban J connectivity index is 2.73. The Bertz CT molecular complexity index is 700. The van der Waals surface area contributed by atoms with Crippen molar-refractivity contribution < 1.29 is 9.85 Å². The summed E-state index contributed by atoms with van der Waals surface area (Å²) in [7, 11) is 0. The van der Waals surface area contributed by atoms with Crippen LogP contribution in [0.3, 0.4) is 0 Å². The van der Waals surface area contributed by atoms with Gasteiger partial charge in [-0.15, -0.1) is 0 Å². The van der Waals surface area contributed by atoms with Crippen molar-refractivity contribution in [1.82, 2.24) is 0 Å². The minimum Gasteiger partial charge on any atom is -0.263 e. The van der Waals surface area contributed by atoms with Gasteiger partial charge < -0.3 is 0 Å². The molecule has 0 saturated heterocycles. The second kappa shape index (κ2) is 5.46. The third-order valence-electron chi connectivity index (χ3n) is 3.39. The number of aryl methyl sites for hydroxylation is 1. The fraction of sp³-hybridized carbons (Fsp3) is 0.231.